The van der Waals surface area contributed by atoms with E-state index < -0.39 is 41.8 Å². The molecule has 0 aromatic heterocycles. The van der Waals surface area contributed by atoms with Crippen LogP contribution in [0, 0.1) is 5.92 Å². The van der Waals surface area contributed by atoms with Crippen LogP contribution in [0.5, 0.6) is 0 Å². The Bertz CT molecular complexity index is 656. The zero-order valence-electron chi connectivity index (χ0n) is 18.9. The molecule has 3 unspecified atom stereocenters. The topological polar surface area (TPSA) is 215 Å². The summed E-state index contributed by atoms with van der Waals surface area (Å²) in [6.07, 6.45) is 3.14. The Kier molecular flexibility index (Phi) is 14.9. The second kappa shape index (κ2) is 16.1. The Morgan fingerprint density at radius 2 is 1.69 bits per heavy atom. The van der Waals surface area contributed by atoms with Gasteiger partial charge in [-0.05, 0) is 43.6 Å². The molecule has 3 atom stereocenters. The Balaban J connectivity index is 5.01. The molecule has 0 rings (SSSR count). The SMILES string of the molecule is CSCCC(N)C(=O)NCC(=O)NC(CCCN=C(N)N)C(=O)NC(CC(C)C)C(=O)O. The van der Waals surface area contributed by atoms with Crippen LogP contribution in [0.3, 0.4) is 0 Å². The van der Waals surface area contributed by atoms with E-state index in [4.69, 9.17) is 17.2 Å². The summed E-state index contributed by atoms with van der Waals surface area (Å²) in [5, 5.41) is 16.8. The minimum absolute atomic E-state index is 0.0387. The maximum atomic E-state index is 12.7. The molecule has 13 heteroatoms. The van der Waals surface area contributed by atoms with E-state index in [-0.39, 0.29) is 37.8 Å². The third kappa shape index (κ3) is 13.7. The Hall–Kier alpha value is -2.54. The zero-order valence-corrected chi connectivity index (χ0v) is 19.7. The molecule has 0 saturated carbocycles. The highest BCUT2D eigenvalue weighted by atomic mass is 32.2. The molecule has 12 nitrogen and oxygen atoms in total. The quantitative estimate of drug-likeness (QED) is 0.0771. The number of carbonyl (C=O) groups excluding carboxylic acids is 3. The van der Waals surface area contributed by atoms with Crippen LogP contribution in [0.4, 0.5) is 0 Å². The van der Waals surface area contributed by atoms with Gasteiger partial charge < -0.3 is 38.3 Å². The molecule has 0 fully saturated rings. The number of nitrogens with two attached hydrogens (primary N) is 3. The normalized spacial score (nSPS) is 13.5. The lowest BCUT2D eigenvalue weighted by Crippen LogP contribution is -2.54. The second-order valence-corrected chi connectivity index (χ2v) is 8.69. The monoisotopic (exact) mass is 475 g/mol. The van der Waals surface area contributed by atoms with Crippen LogP contribution in [0.15, 0.2) is 4.99 Å². The molecule has 0 aliphatic heterocycles. The zero-order chi connectivity index (χ0) is 24.7. The predicted molar refractivity (Wildman–Crippen MR) is 125 cm³/mol. The van der Waals surface area contributed by atoms with Crippen LogP contribution in [0.1, 0.15) is 39.5 Å². The fourth-order valence-corrected chi connectivity index (χ4v) is 3.15. The number of rotatable bonds is 16. The van der Waals surface area contributed by atoms with Crippen LogP contribution >= 0.6 is 11.8 Å². The molecule has 0 aromatic carbocycles. The fraction of sp³-hybridized carbons (Fsp3) is 0.737. The van der Waals surface area contributed by atoms with Crippen molar-refractivity contribution >= 4 is 41.4 Å². The van der Waals surface area contributed by atoms with E-state index in [0.717, 1.165) is 0 Å². The minimum Gasteiger partial charge on any atom is -0.480 e. The van der Waals surface area contributed by atoms with Crippen molar-refractivity contribution in [2.24, 2.45) is 28.1 Å². The van der Waals surface area contributed by atoms with Gasteiger partial charge in [0.1, 0.15) is 12.1 Å². The highest BCUT2D eigenvalue weighted by Crippen LogP contribution is 2.07. The second-order valence-electron chi connectivity index (χ2n) is 7.70. The van der Waals surface area contributed by atoms with Gasteiger partial charge in [0.15, 0.2) is 5.96 Å². The number of carboxylic acid groups (broad SMARTS) is 1. The van der Waals surface area contributed by atoms with Gasteiger partial charge in [0.2, 0.25) is 17.7 Å². The van der Waals surface area contributed by atoms with E-state index >= 15 is 0 Å². The van der Waals surface area contributed by atoms with Crippen molar-refractivity contribution in [3.63, 3.8) is 0 Å². The van der Waals surface area contributed by atoms with Crippen LogP contribution in [-0.2, 0) is 19.2 Å². The average Bonchev–Trinajstić information content (AvgIpc) is 2.70. The number of aliphatic carboxylic acids is 1. The number of hydrogen-bond acceptors (Lipinski definition) is 7. The van der Waals surface area contributed by atoms with Gasteiger partial charge in [-0.1, -0.05) is 13.8 Å². The largest absolute Gasteiger partial charge is 0.480 e. The van der Waals surface area contributed by atoms with Crippen LogP contribution in [-0.4, -0.2) is 78.0 Å². The molecule has 0 bridgehead atoms. The Labute approximate surface area is 192 Å². The fourth-order valence-electron chi connectivity index (χ4n) is 2.66. The summed E-state index contributed by atoms with van der Waals surface area (Å²) in [6, 6.07) is -2.84. The van der Waals surface area contributed by atoms with Crippen molar-refractivity contribution in [1.29, 1.82) is 0 Å². The lowest BCUT2D eigenvalue weighted by Gasteiger charge is -2.22. The number of aliphatic imine (C=N–C) groups is 1. The van der Waals surface area contributed by atoms with Gasteiger partial charge in [0, 0.05) is 6.54 Å². The molecule has 0 spiro atoms. The molecule has 0 radical (unpaired) electrons. The van der Waals surface area contributed by atoms with Gasteiger partial charge in [-0.2, -0.15) is 11.8 Å². The van der Waals surface area contributed by atoms with E-state index in [1.165, 1.54) is 0 Å². The first-order valence-corrected chi connectivity index (χ1v) is 11.8. The van der Waals surface area contributed by atoms with Crippen molar-refractivity contribution in [3.05, 3.63) is 0 Å². The molecular weight excluding hydrogens is 438 g/mol. The van der Waals surface area contributed by atoms with Crippen LogP contribution in [0.25, 0.3) is 0 Å². The third-order valence-corrected chi connectivity index (χ3v) is 4.96. The molecule has 3 amide bonds. The lowest BCUT2D eigenvalue weighted by molar-refractivity contribution is -0.142. The molecule has 184 valence electrons. The summed E-state index contributed by atoms with van der Waals surface area (Å²) < 4.78 is 0. The van der Waals surface area contributed by atoms with E-state index in [0.29, 0.717) is 18.6 Å². The number of carbonyl (C=O) groups is 4. The predicted octanol–water partition coefficient (Wildman–Crippen LogP) is -1.66. The third-order valence-electron chi connectivity index (χ3n) is 4.31. The van der Waals surface area contributed by atoms with Crippen LogP contribution < -0.4 is 33.2 Å². The lowest BCUT2D eigenvalue weighted by atomic mass is 10.0. The molecule has 0 aliphatic carbocycles. The van der Waals surface area contributed by atoms with E-state index in [2.05, 4.69) is 20.9 Å². The summed E-state index contributed by atoms with van der Waals surface area (Å²) >= 11 is 1.55. The van der Waals surface area contributed by atoms with Gasteiger partial charge in [-0.15, -0.1) is 0 Å². The summed E-state index contributed by atoms with van der Waals surface area (Å²) in [4.78, 5) is 52.2. The first-order valence-electron chi connectivity index (χ1n) is 10.4. The van der Waals surface area contributed by atoms with Crippen molar-refractivity contribution < 1.29 is 24.3 Å². The van der Waals surface area contributed by atoms with Gasteiger partial charge in [0.05, 0.1) is 12.6 Å². The smallest absolute Gasteiger partial charge is 0.326 e. The molecule has 0 heterocycles. The standard InChI is InChI=1S/C19H37N7O5S/c1-11(2)9-14(18(30)31)26-17(29)13(5-4-7-23-19(21)22)25-15(27)10-24-16(28)12(20)6-8-32-3/h11-14H,4-10,20H2,1-3H3,(H,24,28)(H,25,27)(H,26,29)(H,30,31)(H4,21,22,23). The number of carboxylic acids is 1. The summed E-state index contributed by atoms with van der Waals surface area (Å²) in [7, 11) is 0. The molecule has 32 heavy (non-hydrogen) atoms. The van der Waals surface area contributed by atoms with Gasteiger partial charge in [-0.25, -0.2) is 4.79 Å². The number of nitrogens with one attached hydrogen (secondary N) is 3. The maximum absolute atomic E-state index is 12.7. The number of nitrogens with zero attached hydrogens (tertiary/aromatic N) is 1. The molecular formula is C19H37N7O5S. The molecule has 10 N–H and O–H groups in total. The number of thioether (sulfide) groups is 1. The van der Waals surface area contributed by atoms with Gasteiger partial charge in [-0.3, -0.25) is 19.4 Å². The highest BCUT2D eigenvalue weighted by molar-refractivity contribution is 7.98. The first kappa shape index (κ1) is 29.5. The van der Waals surface area contributed by atoms with E-state index in [1.807, 2.05) is 20.1 Å². The number of hydrogen-bond donors (Lipinski definition) is 7. The summed E-state index contributed by atoms with van der Waals surface area (Å²) in [6.45, 7) is 3.54. The number of amides is 3. The van der Waals surface area contributed by atoms with E-state index in [9.17, 15) is 24.3 Å². The molecule has 0 aliphatic rings. The Morgan fingerprint density at radius 1 is 1.03 bits per heavy atom. The minimum atomic E-state index is -1.16. The maximum Gasteiger partial charge on any atom is 0.326 e. The van der Waals surface area contributed by atoms with Crippen molar-refractivity contribution in [2.45, 2.75) is 57.7 Å². The van der Waals surface area contributed by atoms with E-state index in [1.54, 1.807) is 11.8 Å². The van der Waals surface area contributed by atoms with Gasteiger partial charge in [0.25, 0.3) is 0 Å². The summed E-state index contributed by atoms with van der Waals surface area (Å²) in [5.74, 6) is -2.22. The summed E-state index contributed by atoms with van der Waals surface area (Å²) in [5.41, 5.74) is 16.3. The number of guanidine groups is 1. The van der Waals surface area contributed by atoms with Crippen molar-refractivity contribution in [1.82, 2.24) is 16.0 Å². The highest BCUT2D eigenvalue weighted by Gasteiger charge is 2.27. The Morgan fingerprint density at radius 3 is 2.22 bits per heavy atom. The van der Waals surface area contributed by atoms with Crippen molar-refractivity contribution in [2.75, 3.05) is 25.1 Å². The average molecular weight is 476 g/mol. The molecule has 0 saturated heterocycles. The van der Waals surface area contributed by atoms with Crippen LogP contribution in [0.2, 0.25) is 0 Å². The van der Waals surface area contributed by atoms with Gasteiger partial charge >= 0.3 is 5.97 Å². The van der Waals surface area contributed by atoms with Crippen molar-refractivity contribution in [3.8, 4) is 0 Å². The first-order chi connectivity index (χ1) is 15.0. The molecule has 0 aromatic rings.